The Hall–Kier alpha value is -2.37. The van der Waals surface area contributed by atoms with Crippen LogP contribution in [0.2, 0.25) is 0 Å². The molecular formula is C15H19N3O3. The number of nitrogens with one attached hydrogen (secondary N) is 2. The first-order chi connectivity index (χ1) is 10.1. The van der Waals surface area contributed by atoms with Crippen LogP contribution in [0, 0.1) is 0 Å². The molecule has 1 aromatic rings. The Morgan fingerprint density at radius 2 is 1.43 bits per heavy atom. The van der Waals surface area contributed by atoms with Crippen molar-refractivity contribution in [1.29, 1.82) is 0 Å². The molecule has 2 rings (SSSR count). The Morgan fingerprint density at radius 1 is 0.905 bits per heavy atom. The molecule has 0 bridgehead atoms. The molecular weight excluding hydrogens is 270 g/mol. The van der Waals surface area contributed by atoms with Crippen molar-refractivity contribution in [3.05, 3.63) is 24.3 Å². The van der Waals surface area contributed by atoms with Gasteiger partial charge in [0.15, 0.2) is 0 Å². The summed E-state index contributed by atoms with van der Waals surface area (Å²) in [6.45, 7) is 2.72. The number of benzene rings is 1. The number of amides is 3. The number of nitrogens with zero attached hydrogens (tertiary/aromatic N) is 1. The average molecular weight is 289 g/mol. The maximum Gasteiger partial charge on any atom is 0.313 e. The zero-order valence-corrected chi connectivity index (χ0v) is 12.0. The van der Waals surface area contributed by atoms with Gasteiger partial charge in [-0.25, -0.2) is 0 Å². The first-order valence-corrected chi connectivity index (χ1v) is 7.04. The van der Waals surface area contributed by atoms with Crippen molar-refractivity contribution in [3.63, 3.8) is 0 Å². The Bertz CT molecular complexity index is 534. The van der Waals surface area contributed by atoms with Gasteiger partial charge in [-0.05, 0) is 43.5 Å². The summed E-state index contributed by atoms with van der Waals surface area (Å²) in [6, 6.07) is 6.63. The van der Waals surface area contributed by atoms with E-state index in [4.69, 9.17) is 0 Å². The number of rotatable bonds is 2. The molecule has 0 saturated carbocycles. The minimum absolute atomic E-state index is 0.160. The van der Waals surface area contributed by atoms with E-state index in [2.05, 4.69) is 10.6 Å². The summed E-state index contributed by atoms with van der Waals surface area (Å²) >= 11 is 0. The van der Waals surface area contributed by atoms with Gasteiger partial charge in [0.25, 0.3) is 0 Å². The van der Waals surface area contributed by atoms with Crippen LogP contribution in [0.4, 0.5) is 11.4 Å². The minimum atomic E-state index is -0.621. The van der Waals surface area contributed by atoms with Crippen LogP contribution in [0.15, 0.2) is 24.3 Å². The van der Waals surface area contributed by atoms with Gasteiger partial charge in [-0.15, -0.1) is 0 Å². The zero-order valence-electron chi connectivity index (χ0n) is 12.0. The highest BCUT2D eigenvalue weighted by Crippen LogP contribution is 2.14. The number of carbonyl (C=O) groups is 3. The molecule has 2 N–H and O–H groups in total. The van der Waals surface area contributed by atoms with Crippen LogP contribution in [0.25, 0.3) is 0 Å². The van der Waals surface area contributed by atoms with E-state index in [0.717, 1.165) is 19.3 Å². The summed E-state index contributed by atoms with van der Waals surface area (Å²) in [5.41, 5.74) is 1.17. The number of piperidine rings is 1. The van der Waals surface area contributed by atoms with Gasteiger partial charge in [0.1, 0.15) is 0 Å². The zero-order chi connectivity index (χ0) is 15.2. The maximum absolute atomic E-state index is 12.0. The van der Waals surface area contributed by atoms with Crippen molar-refractivity contribution < 1.29 is 14.4 Å². The fourth-order valence-corrected chi connectivity index (χ4v) is 2.27. The number of likely N-dealkylation sites (tertiary alicyclic amines) is 1. The molecule has 0 atom stereocenters. The number of anilines is 2. The molecule has 0 aromatic heterocycles. The molecule has 0 unspecified atom stereocenters. The Morgan fingerprint density at radius 3 is 1.95 bits per heavy atom. The van der Waals surface area contributed by atoms with E-state index >= 15 is 0 Å². The smallest absolute Gasteiger partial charge is 0.313 e. The number of hydrogen-bond acceptors (Lipinski definition) is 3. The van der Waals surface area contributed by atoms with Gasteiger partial charge in [0, 0.05) is 31.4 Å². The topological polar surface area (TPSA) is 78.5 Å². The lowest BCUT2D eigenvalue weighted by Crippen LogP contribution is -2.42. The van der Waals surface area contributed by atoms with E-state index < -0.39 is 11.8 Å². The second kappa shape index (κ2) is 6.88. The predicted molar refractivity (Wildman–Crippen MR) is 79.8 cm³/mol. The van der Waals surface area contributed by atoms with Crippen molar-refractivity contribution in [2.24, 2.45) is 0 Å². The third-order valence-corrected chi connectivity index (χ3v) is 3.30. The van der Waals surface area contributed by atoms with E-state index in [1.54, 1.807) is 29.2 Å². The maximum atomic E-state index is 12.0. The summed E-state index contributed by atoms with van der Waals surface area (Å²) < 4.78 is 0. The highest BCUT2D eigenvalue weighted by molar-refractivity contribution is 6.39. The Labute approximate surface area is 123 Å². The molecule has 1 aliphatic rings. The van der Waals surface area contributed by atoms with Crippen molar-refractivity contribution in [3.8, 4) is 0 Å². The largest absolute Gasteiger partial charge is 0.334 e. The summed E-state index contributed by atoms with van der Waals surface area (Å²) in [5, 5.41) is 5.21. The Kier molecular flexibility index (Phi) is 4.92. The van der Waals surface area contributed by atoms with Gasteiger partial charge >= 0.3 is 11.8 Å². The third-order valence-electron chi connectivity index (χ3n) is 3.30. The normalized spacial score (nSPS) is 14.4. The molecule has 112 valence electrons. The first-order valence-electron chi connectivity index (χ1n) is 7.04. The molecule has 0 spiro atoms. The molecule has 0 radical (unpaired) electrons. The second-order valence-corrected chi connectivity index (χ2v) is 5.07. The quantitative estimate of drug-likeness (QED) is 0.812. The molecule has 3 amide bonds. The SMILES string of the molecule is CC(=O)Nc1ccc(NC(=O)C(=O)N2CCCCC2)cc1. The average Bonchev–Trinajstić information content (AvgIpc) is 2.49. The lowest BCUT2D eigenvalue weighted by Gasteiger charge is -2.25. The van der Waals surface area contributed by atoms with E-state index in [0.29, 0.717) is 24.5 Å². The predicted octanol–water partition coefficient (Wildman–Crippen LogP) is 1.60. The molecule has 0 aliphatic carbocycles. The third kappa shape index (κ3) is 4.30. The summed E-state index contributed by atoms with van der Waals surface area (Å²) in [5.74, 6) is -1.27. The van der Waals surface area contributed by atoms with E-state index in [1.165, 1.54) is 6.92 Å². The van der Waals surface area contributed by atoms with Gasteiger partial charge in [-0.2, -0.15) is 0 Å². The van der Waals surface area contributed by atoms with Crippen LogP contribution in [0.5, 0.6) is 0 Å². The summed E-state index contributed by atoms with van der Waals surface area (Å²) in [6.07, 6.45) is 3.00. The molecule has 21 heavy (non-hydrogen) atoms. The summed E-state index contributed by atoms with van der Waals surface area (Å²) in [7, 11) is 0. The molecule has 1 saturated heterocycles. The van der Waals surface area contributed by atoms with Crippen LogP contribution in [-0.4, -0.2) is 35.7 Å². The molecule has 1 heterocycles. The minimum Gasteiger partial charge on any atom is -0.334 e. The van der Waals surface area contributed by atoms with Crippen LogP contribution in [-0.2, 0) is 14.4 Å². The van der Waals surface area contributed by atoms with E-state index in [-0.39, 0.29) is 5.91 Å². The Balaban J connectivity index is 1.92. The van der Waals surface area contributed by atoms with Gasteiger partial charge in [-0.1, -0.05) is 0 Å². The highest BCUT2D eigenvalue weighted by atomic mass is 16.2. The number of hydrogen-bond donors (Lipinski definition) is 2. The van der Waals surface area contributed by atoms with Crippen LogP contribution in [0.3, 0.4) is 0 Å². The van der Waals surface area contributed by atoms with Crippen LogP contribution in [0.1, 0.15) is 26.2 Å². The van der Waals surface area contributed by atoms with Crippen molar-refractivity contribution in [2.45, 2.75) is 26.2 Å². The first kappa shape index (κ1) is 15.0. The van der Waals surface area contributed by atoms with E-state index in [9.17, 15) is 14.4 Å². The van der Waals surface area contributed by atoms with Crippen molar-refractivity contribution in [2.75, 3.05) is 23.7 Å². The lowest BCUT2D eigenvalue weighted by atomic mass is 10.1. The van der Waals surface area contributed by atoms with Crippen LogP contribution < -0.4 is 10.6 Å². The monoisotopic (exact) mass is 289 g/mol. The molecule has 6 heteroatoms. The van der Waals surface area contributed by atoms with E-state index in [1.807, 2.05) is 0 Å². The standard InChI is InChI=1S/C15H19N3O3/c1-11(19)16-12-5-7-13(8-6-12)17-14(20)15(21)18-9-3-2-4-10-18/h5-8H,2-4,9-10H2,1H3,(H,16,19)(H,17,20). The van der Waals surface area contributed by atoms with Gasteiger partial charge < -0.3 is 15.5 Å². The molecule has 1 aromatic carbocycles. The van der Waals surface area contributed by atoms with Gasteiger partial charge in [0.2, 0.25) is 5.91 Å². The van der Waals surface area contributed by atoms with Gasteiger partial charge in [-0.3, -0.25) is 14.4 Å². The van der Waals surface area contributed by atoms with Crippen LogP contribution >= 0.6 is 0 Å². The highest BCUT2D eigenvalue weighted by Gasteiger charge is 2.23. The van der Waals surface area contributed by atoms with Crippen molar-refractivity contribution in [1.82, 2.24) is 4.90 Å². The number of carbonyl (C=O) groups excluding carboxylic acids is 3. The fraction of sp³-hybridized carbons (Fsp3) is 0.400. The van der Waals surface area contributed by atoms with Crippen molar-refractivity contribution >= 4 is 29.1 Å². The fourth-order valence-electron chi connectivity index (χ4n) is 2.27. The molecule has 6 nitrogen and oxygen atoms in total. The lowest BCUT2D eigenvalue weighted by molar-refractivity contribution is -0.143. The van der Waals surface area contributed by atoms with Gasteiger partial charge in [0.05, 0.1) is 0 Å². The summed E-state index contributed by atoms with van der Waals surface area (Å²) in [4.78, 5) is 36.4. The molecule has 1 fully saturated rings. The second-order valence-electron chi connectivity index (χ2n) is 5.07. The molecule has 1 aliphatic heterocycles.